The van der Waals surface area contributed by atoms with Gasteiger partial charge in [0, 0.05) is 42.0 Å². The normalized spacial score (nSPS) is 19.8. The maximum absolute atomic E-state index is 3.55. The molecule has 21 heavy (non-hydrogen) atoms. The zero-order valence-electron chi connectivity index (χ0n) is 12.7. The number of hydrogen-bond acceptors (Lipinski definition) is 3. The van der Waals surface area contributed by atoms with Crippen LogP contribution >= 0.6 is 11.3 Å². The molecule has 3 rings (SSSR count). The van der Waals surface area contributed by atoms with Gasteiger partial charge >= 0.3 is 0 Å². The van der Waals surface area contributed by atoms with Crippen molar-refractivity contribution in [3.05, 3.63) is 57.8 Å². The maximum atomic E-state index is 3.55. The summed E-state index contributed by atoms with van der Waals surface area (Å²) >= 11 is 1.97. The van der Waals surface area contributed by atoms with Crippen LogP contribution in [0.4, 0.5) is 0 Å². The molecule has 2 aromatic rings. The minimum Gasteiger partial charge on any atom is -0.314 e. The molecule has 112 valence electrons. The van der Waals surface area contributed by atoms with Gasteiger partial charge in [0.1, 0.15) is 0 Å². The number of rotatable bonds is 5. The third kappa shape index (κ3) is 3.94. The summed E-state index contributed by atoms with van der Waals surface area (Å²) in [5, 5.41) is 3.55. The molecule has 1 N–H and O–H groups in total. The van der Waals surface area contributed by atoms with E-state index >= 15 is 0 Å². The molecule has 0 aliphatic carbocycles. The number of thiophene rings is 1. The van der Waals surface area contributed by atoms with Crippen molar-refractivity contribution in [3.8, 4) is 0 Å². The van der Waals surface area contributed by atoms with Crippen molar-refractivity contribution in [1.82, 2.24) is 10.2 Å². The number of nitrogens with zero attached hydrogens (tertiary/aromatic N) is 1. The third-order valence-corrected chi connectivity index (χ3v) is 5.43. The second kappa shape index (κ2) is 7.21. The van der Waals surface area contributed by atoms with Gasteiger partial charge in [-0.25, -0.2) is 0 Å². The molecule has 1 fully saturated rings. The van der Waals surface area contributed by atoms with Gasteiger partial charge in [-0.2, -0.15) is 0 Å². The van der Waals surface area contributed by atoms with E-state index in [0.29, 0.717) is 6.04 Å². The SMILES string of the molecule is CCc1ccc(CN2CCNCC2Cc2ccccc2)s1. The molecule has 1 unspecified atom stereocenters. The van der Waals surface area contributed by atoms with Crippen LogP contribution in [0, 0.1) is 0 Å². The predicted molar refractivity (Wildman–Crippen MR) is 90.9 cm³/mol. The van der Waals surface area contributed by atoms with Crippen LogP contribution in [0.25, 0.3) is 0 Å². The van der Waals surface area contributed by atoms with E-state index in [9.17, 15) is 0 Å². The second-order valence-electron chi connectivity index (χ2n) is 5.74. The van der Waals surface area contributed by atoms with E-state index in [1.54, 1.807) is 0 Å². The van der Waals surface area contributed by atoms with Crippen LogP contribution in [0.1, 0.15) is 22.2 Å². The molecular weight excluding hydrogens is 276 g/mol. The van der Waals surface area contributed by atoms with Crippen LogP contribution in [-0.2, 0) is 19.4 Å². The Morgan fingerprint density at radius 2 is 1.95 bits per heavy atom. The molecule has 0 spiro atoms. The zero-order valence-corrected chi connectivity index (χ0v) is 13.5. The Kier molecular flexibility index (Phi) is 5.07. The summed E-state index contributed by atoms with van der Waals surface area (Å²) in [6.07, 6.45) is 2.29. The van der Waals surface area contributed by atoms with Crippen molar-refractivity contribution in [2.45, 2.75) is 32.4 Å². The molecule has 1 aromatic carbocycles. The van der Waals surface area contributed by atoms with Crippen LogP contribution in [0.3, 0.4) is 0 Å². The molecule has 2 nitrogen and oxygen atoms in total. The Labute approximate surface area is 131 Å². The molecule has 3 heteroatoms. The molecule has 1 aliphatic heterocycles. The first-order valence-electron chi connectivity index (χ1n) is 7.91. The number of nitrogens with one attached hydrogen (secondary N) is 1. The predicted octanol–water partition coefficient (Wildman–Crippen LogP) is 3.33. The van der Waals surface area contributed by atoms with E-state index < -0.39 is 0 Å². The Balaban J connectivity index is 1.66. The number of hydrogen-bond donors (Lipinski definition) is 1. The van der Waals surface area contributed by atoms with E-state index in [-0.39, 0.29) is 0 Å². The monoisotopic (exact) mass is 300 g/mol. The fourth-order valence-corrected chi connectivity index (χ4v) is 3.98. The summed E-state index contributed by atoms with van der Waals surface area (Å²) in [5.74, 6) is 0. The molecule has 1 saturated heterocycles. The average molecular weight is 300 g/mol. The highest BCUT2D eigenvalue weighted by Crippen LogP contribution is 2.21. The third-order valence-electron chi connectivity index (χ3n) is 4.21. The molecule has 1 atom stereocenters. The lowest BCUT2D eigenvalue weighted by molar-refractivity contribution is 0.153. The maximum Gasteiger partial charge on any atom is 0.0332 e. The van der Waals surface area contributed by atoms with E-state index in [1.807, 2.05) is 11.3 Å². The van der Waals surface area contributed by atoms with Crippen molar-refractivity contribution >= 4 is 11.3 Å². The highest BCUT2D eigenvalue weighted by molar-refractivity contribution is 7.11. The van der Waals surface area contributed by atoms with Crippen molar-refractivity contribution in [2.75, 3.05) is 19.6 Å². The first kappa shape index (κ1) is 14.8. The van der Waals surface area contributed by atoms with E-state index in [2.05, 4.69) is 59.6 Å². The summed E-state index contributed by atoms with van der Waals surface area (Å²) in [4.78, 5) is 5.65. The molecule has 0 bridgehead atoms. The van der Waals surface area contributed by atoms with E-state index in [1.165, 1.54) is 15.3 Å². The lowest BCUT2D eigenvalue weighted by Gasteiger charge is -2.36. The average Bonchev–Trinajstić information content (AvgIpc) is 2.98. The Hall–Kier alpha value is -1.16. The Morgan fingerprint density at radius 3 is 2.71 bits per heavy atom. The topological polar surface area (TPSA) is 15.3 Å². The lowest BCUT2D eigenvalue weighted by Crippen LogP contribution is -2.51. The van der Waals surface area contributed by atoms with Gasteiger partial charge in [0.25, 0.3) is 0 Å². The first-order chi connectivity index (χ1) is 10.3. The number of piperazine rings is 1. The minimum absolute atomic E-state index is 0.605. The van der Waals surface area contributed by atoms with Gasteiger partial charge in [-0.15, -0.1) is 11.3 Å². The van der Waals surface area contributed by atoms with Gasteiger partial charge in [0.05, 0.1) is 0 Å². The minimum atomic E-state index is 0.605. The fraction of sp³-hybridized carbons (Fsp3) is 0.444. The first-order valence-corrected chi connectivity index (χ1v) is 8.73. The summed E-state index contributed by atoms with van der Waals surface area (Å²) in [6, 6.07) is 16.1. The van der Waals surface area contributed by atoms with Gasteiger partial charge in [-0.1, -0.05) is 37.3 Å². The van der Waals surface area contributed by atoms with Gasteiger partial charge in [0.2, 0.25) is 0 Å². The summed E-state index contributed by atoms with van der Waals surface area (Å²) in [6.45, 7) is 6.69. The molecule has 1 aromatic heterocycles. The summed E-state index contributed by atoms with van der Waals surface area (Å²) < 4.78 is 0. The van der Waals surface area contributed by atoms with Crippen LogP contribution in [-0.4, -0.2) is 30.6 Å². The Morgan fingerprint density at radius 1 is 1.14 bits per heavy atom. The lowest BCUT2D eigenvalue weighted by atomic mass is 10.0. The van der Waals surface area contributed by atoms with Crippen molar-refractivity contribution in [3.63, 3.8) is 0 Å². The van der Waals surface area contributed by atoms with Crippen LogP contribution in [0.15, 0.2) is 42.5 Å². The van der Waals surface area contributed by atoms with Crippen LogP contribution in [0.5, 0.6) is 0 Å². The van der Waals surface area contributed by atoms with Crippen molar-refractivity contribution in [1.29, 1.82) is 0 Å². The van der Waals surface area contributed by atoms with E-state index in [0.717, 1.165) is 39.0 Å². The smallest absolute Gasteiger partial charge is 0.0332 e. The molecule has 2 heterocycles. The highest BCUT2D eigenvalue weighted by Gasteiger charge is 2.22. The van der Waals surface area contributed by atoms with Gasteiger partial charge in [0.15, 0.2) is 0 Å². The van der Waals surface area contributed by atoms with Crippen LogP contribution in [0.2, 0.25) is 0 Å². The summed E-state index contributed by atoms with van der Waals surface area (Å²) in [7, 11) is 0. The quantitative estimate of drug-likeness (QED) is 0.911. The standard InChI is InChI=1S/C18H24N2S/c1-2-17-8-9-18(21-17)14-20-11-10-19-13-16(20)12-15-6-4-3-5-7-15/h3-9,16,19H,2,10-14H2,1H3. The van der Waals surface area contributed by atoms with Gasteiger partial charge in [-0.05, 0) is 30.5 Å². The van der Waals surface area contributed by atoms with Crippen molar-refractivity contribution in [2.24, 2.45) is 0 Å². The van der Waals surface area contributed by atoms with E-state index in [4.69, 9.17) is 0 Å². The number of benzene rings is 1. The molecule has 1 aliphatic rings. The highest BCUT2D eigenvalue weighted by atomic mass is 32.1. The second-order valence-corrected chi connectivity index (χ2v) is 6.99. The van der Waals surface area contributed by atoms with Crippen molar-refractivity contribution < 1.29 is 0 Å². The molecular formula is C18H24N2S. The summed E-state index contributed by atoms with van der Waals surface area (Å²) in [5.41, 5.74) is 1.44. The number of aryl methyl sites for hydroxylation is 1. The Bertz CT molecular complexity index is 549. The molecule has 0 radical (unpaired) electrons. The zero-order chi connectivity index (χ0) is 14.5. The van der Waals surface area contributed by atoms with Gasteiger partial charge < -0.3 is 5.32 Å². The largest absolute Gasteiger partial charge is 0.314 e. The fourth-order valence-electron chi connectivity index (χ4n) is 3.00. The van der Waals surface area contributed by atoms with Crippen LogP contribution < -0.4 is 5.32 Å². The van der Waals surface area contributed by atoms with Gasteiger partial charge in [-0.3, -0.25) is 4.90 Å². The molecule has 0 saturated carbocycles. The molecule has 0 amide bonds.